The van der Waals surface area contributed by atoms with E-state index in [1.54, 1.807) is 0 Å². The van der Waals surface area contributed by atoms with Crippen molar-refractivity contribution in [1.29, 1.82) is 0 Å². The first-order chi connectivity index (χ1) is 6.87. The first-order valence-electron chi connectivity index (χ1n) is 5.65. The molecule has 1 aliphatic heterocycles. The molecule has 1 unspecified atom stereocenters. The Balaban J connectivity index is 2.23. The first-order valence-corrected chi connectivity index (χ1v) is 5.65. The lowest BCUT2D eigenvalue weighted by molar-refractivity contribution is -0.301. The molecule has 1 saturated heterocycles. The largest absolute Gasteiger partial charge is 0.346 e. The highest BCUT2D eigenvalue weighted by Crippen LogP contribution is 2.13. The fraction of sp³-hybridized carbons (Fsp3) is 1.00. The lowest BCUT2D eigenvalue weighted by Crippen LogP contribution is -2.46. The summed E-state index contributed by atoms with van der Waals surface area (Å²) >= 11 is 0. The summed E-state index contributed by atoms with van der Waals surface area (Å²) in [7, 11) is 2.13. The highest BCUT2D eigenvalue weighted by molar-refractivity contribution is 4.64. The summed E-state index contributed by atoms with van der Waals surface area (Å²) in [5.41, 5.74) is -0.147. The van der Waals surface area contributed by atoms with Crippen LogP contribution >= 0.6 is 0 Å². The Bertz CT molecular complexity index is 184. The third kappa shape index (κ3) is 5.47. The number of hydroxylamine groups is 2. The van der Waals surface area contributed by atoms with Crippen molar-refractivity contribution in [2.75, 3.05) is 33.2 Å². The molecule has 15 heavy (non-hydrogen) atoms. The van der Waals surface area contributed by atoms with Gasteiger partial charge in [0.1, 0.15) is 0 Å². The predicted octanol–water partition coefficient (Wildman–Crippen LogP) is 1.33. The Morgan fingerprint density at radius 3 is 2.07 bits per heavy atom. The van der Waals surface area contributed by atoms with E-state index in [4.69, 9.17) is 9.57 Å². The summed E-state index contributed by atoms with van der Waals surface area (Å²) < 4.78 is 5.69. The number of hydrogen-bond donors (Lipinski definition) is 0. The smallest absolute Gasteiger partial charge is 0.175 e. The second-order valence-electron chi connectivity index (χ2n) is 5.14. The molecule has 0 aromatic rings. The van der Waals surface area contributed by atoms with Gasteiger partial charge in [0.15, 0.2) is 6.29 Å². The molecule has 0 spiro atoms. The van der Waals surface area contributed by atoms with Crippen LogP contribution in [0.4, 0.5) is 0 Å². The van der Waals surface area contributed by atoms with E-state index in [0.717, 1.165) is 26.2 Å². The van der Waals surface area contributed by atoms with Crippen LogP contribution in [0.15, 0.2) is 0 Å². The maximum Gasteiger partial charge on any atom is 0.175 e. The molecular weight excluding hydrogens is 192 g/mol. The molecule has 4 nitrogen and oxygen atoms in total. The maximum absolute atomic E-state index is 5.70. The Hall–Kier alpha value is -0.160. The third-order valence-corrected chi connectivity index (χ3v) is 2.28. The minimum Gasteiger partial charge on any atom is -0.346 e. The van der Waals surface area contributed by atoms with E-state index >= 15 is 0 Å². The van der Waals surface area contributed by atoms with Crippen LogP contribution in [0.25, 0.3) is 0 Å². The third-order valence-electron chi connectivity index (χ3n) is 2.28. The summed E-state index contributed by atoms with van der Waals surface area (Å²) in [5.74, 6) is 0. The lowest BCUT2D eigenvalue weighted by atomic mass is 10.2. The predicted molar refractivity (Wildman–Crippen MR) is 60.5 cm³/mol. The normalized spacial score (nSPS) is 23.0. The molecule has 0 N–H and O–H groups in total. The van der Waals surface area contributed by atoms with Crippen molar-refractivity contribution in [3.05, 3.63) is 0 Å². The second kappa shape index (κ2) is 5.25. The minimum atomic E-state index is -0.173. The molecule has 0 amide bonds. The van der Waals surface area contributed by atoms with Gasteiger partial charge in [0, 0.05) is 26.2 Å². The molecule has 0 bridgehead atoms. The van der Waals surface area contributed by atoms with Gasteiger partial charge in [0.05, 0.1) is 5.60 Å². The topological polar surface area (TPSA) is 24.9 Å². The zero-order valence-corrected chi connectivity index (χ0v) is 10.6. The van der Waals surface area contributed by atoms with Crippen molar-refractivity contribution >= 4 is 0 Å². The fourth-order valence-electron chi connectivity index (χ4n) is 1.62. The number of nitrogens with zero attached hydrogens (tertiary/aromatic N) is 2. The molecule has 0 saturated carbocycles. The quantitative estimate of drug-likeness (QED) is 0.664. The van der Waals surface area contributed by atoms with Crippen molar-refractivity contribution in [3.63, 3.8) is 0 Å². The number of piperazine rings is 1. The fourth-order valence-corrected chi connectivity index (χ4v) is 1.62. The van der Waals surface area contributed by atoms with Crippen molar-refractivity contribution in [3.8, 4) is 0 Å². The Morgan fingerprint density at radius 2 is 1.60 bits per heavy atom. The highest BCUT2D eigenvalue weighted by atomic mass is 16.8. The van der Waals surface area contributed by atoms with Gasteiger partial charge in [0.2, 0.25) is 0 Å². The molecule has 4 heteroatoms. The van der Waals surface area contributed by atoms with Gasteiger partial charge in [-0.15, -0.1) is 0 Å². The minimum absolute atomic E-state index is 0.147. The molecule has 0 aromatic heterocycles. The molecule has 0 radical (unpaired) electrons. The van der Waals surface area contributed by atoms with Gasteiger partial charge in [-0.2, -0.15) is 5.06 Å². The Morgan fingerprint density at radius 1 is 1.07 bits per heavy atom. The van der Waals surface area contributed by atoms with Crippen molar-refractivity contribution in [2.45, 2.75) is 39.6 Å². The van der Waals surface area contributed by atoms with Crippen LogP contribution in [0.1, 0.15) is 27.7 Å². The number of likely N-dealkylation sites (N-methyl/N-ethyl adjacent to an activating group) is 1. The summed E-state index contributed by atoms with van der Waals surface area (Å²) in [6.45, 7) is 12.1. The van der Waals surface area contributed by atoms with E-state index in [0.29, 0.717) is 0 Å². The molecule has 0 aromatic carbocycles. The van der Waals surface area contributed by atoms with Gasteiger partial charge in [-0.25, -0.2) is 0 Å². The van der Waals surface area contributed by atoms with Gasteiger partial charge in [-0.05, 0) is 34.7 Å². The van der Waals surface area contributed by atoms with Gasteiger partial charge >= 0.3 is 0 Å². The van der Waals surface area contributed by atoms with Crippen LogP contribution in [0, 0.1) is 0 Å². The van der Waals surface area contributed by atoms with Crippen molar-refractivity contribution < 1.29 is 9.57 Å². The van der Waals surface area contributed by atoms with Gasteiger partial charge in [-0.1, -0.05) is 0 Å². The number of rotatable bonds is 3. The van der Waals surface area contributed by atoms with E-state index in [1.807, 2.05) is 32.8 Å². The van der Waals surface area contributed by atoms with E-state index in [2.05, 4.69) is 11.9 Å². The highest BCUT2D eigenvalue weighted by Gasteiger charge is 2.20. The van der Waals surface area contributed by atoms with Crippen LogP contribution in [-0.4, -0.2) is 55.1 Å². The maximum atomic E-state index is 5.70. The van der Waals surface area contributed by atoms with Crippen LogP contribution < -0.4 is 0 Å². The molecular formula is C11H24N2O2. The second-order valence-corrected chi connectivity index (χ2v) is 5.14. The van der Waals surface area contributed by atoms with Gasteiger partial charge < -0.3 is 9.64 Å². The van der Waals surface area contributed by atoms with E-state index in [9.17, 15) is 0 Å². The summed E-state index contributed by atoms with van der Waals surface area (Å²) in [5, 5.41) is 2.00. The summed E-state index contributed by atoms with van der Waals surface area (Å²) in [6.07, 6.45) is -0.173. The monoisotopic (exact) mass is 216 g/mol. The van der Waals surface area contributed by atoms with Crippen molar-refractivity contribution in [2.24, 2.45) is 0 Å². The Labute approximate surface area is 93.1 Å². The zero-order valence-electron chi connectivity index (χ0n) is 10.6. The molecule has 1 fully saturated rings. The lowest BCUT2D eigenvalue weighted by Gasteiger charge is -2.34. The first kappa shape index (κ1) is 12.9. The zero-order chi connectivity index (χ0) is 11.5. The summed E-state index contributed by atoms with van der Waals surface area (Å²) in [6, 6.07) is 0. The average molecular weight is 216 g/mol. The SMILES string of the molecule is CC(ON1CCN(C)CC1)OC(C)(C)C. The van der Waals surface area contributed by atoms with Crippen LogP contribution in [-0.2, 0) is 9.57 Å². The molecule has 1 atom stereocenters. The molecule has 0 aliphatic carbocycles. The average Bonchev–Trinajstić information content (AvgIpc) is 2.05. The molecule has 1 rings (SSSR count). The van der Waals surface area contributed by atoms with E-state index in [-0.39, 0.29) is 11.9 Å². The standard InChI is InChI=1S/C11H24N2O2/c1-10(14-11(2,3)4)15-13-8-6-12(5)7-9-13/h10H,6-9H2,1-5H3. The van der Waals surface area contributed by atoms with Crippen molar-refractivity contribution in [1.82, 2.24) is 9.96 Å². The van der Waals surface area contributed by atoms with E-state index < -0.39 is 0 Å². The van der Waals surface area contributed by atoms with Crippen LogP contribution in [0.3, 0.4) is 0 Å². The molecule has 1 aliphatic rings. The van der Waals surface area contributed by atoms with Crippen LogP contribution in [0.2, 0.25) is 0 Å². The van der Waals surface area contributed by atoms with E-state index in [1.165, 1.54) is 0 Å². The van der Waals surface area contributed by atoms with Gasteiger partial charge in [-0.3, -0.25) is 4.84 Å². The number of hydrogen-bond acceptors (Lipinski definition) is 4. The van der Waals surface area contributed by atoms with Gasteiger partial charge in [0.25, 0.3) is 0 Å². The molecule has 90 valence electrons. The van der Waals surface area contributed by atoms with Crippen LogP contribution in [0.5, 0.6) is 0 Å². The molecule has 1 heterocycles. The number of ether oxygens (including phenoxy) is 1. The summed E-state index contributed by atoms with van der Waals surface area (Å²) in [4.78, 5) is 8.00. The Kier molecular flexibility index (Phi) is 4.52.